The molecule has 1 fully saturated rings. The molecule has 2 aromatic rings. The zero-order valence-electron chi connectivity index (χ0n) is 12.8. The Morgan fingerprint density at radius 3 is 2.96 bits per heavy atom. The zero-order chi connectivity index (χ0) is 16.2. The number of hydrogen-bond acceptors (Lipinski definition) is 5. The van der Waals surface area contributed by atoms with Gasteiger partial charge in [-0.1, -0.05) is 0 Å². The maximum Gasteiger partial charge on any atom is 0.336 e. The number of carbonyl (C=O) groups excluding carboxylic acids is 1. The van der Waals surface area contributed by atoms with Crippen molar-refractivity contribution >= 4 is 22.7 Å². The summed E-state index contributed by atoms with van der Waals surface area (Å²) in [5, 5.41) is 6.26. The molecule has 0 spiro atoms. The molecule has 1 saturated heterocycles. The lowest BCUT2D eigenvalue weighted by atomic mass is 10.1. The second kappa shape index (κ2) is 6.80. The molecule has 0 bridgehead atoms. The van der Waals surface area contributed by atoms with Gasteiger partial charge in [0, 0.05) is 29.8 Å². The number of amides is 2. The summed E-state index contributed by atoms with van der Waals surface area (Å²) in [6, 6.07) is 6.28. The predicted molar refractivity (Wildman–Crippen MR) is 84.8 cm³/mol. The van der Waals surface area contributed by atoms with Gasteiger partial charge in [-0.3, -0.25) is 0 Å². The summed E-state index contributed by atoms with van der Waals surface area (Å²) in [5.74, 6) is 0. The molecule has 1 aromatic heterocycles. The van der Waals surface area contributed by atoms with E-state index in [4.69, 9.17) is 13.9 Å². The van der Waals surface area contributed by atoms with Crippen molar-refractivity contribution in [2.75, 3.05) is 31.7 Å². The lowest BCUT2D eigenvalue weighted by molar-refractivity contribution is -0.0852. The maximum atomic E-state index is 11.9. The Morgan fingerprint density at radius 1 is 1.30 bits per heavy atom. The predicted octanol–water partition coefficient (Wildman–Crippen LogP) is 1.64. The van der Waals surface area contributed by atoms with Crippen molar-refractivity contribution in [3.05, 3.63) is 40.2 Å². The summed E-state index contributed by atoms with van der Waals surface area (Å²) in [7, 11) is 0. The Labute approximate surface area is 132 Å². The minimum atomic E-state index is -0.411. The van der Waals surface area contributed by atoms with Crippen molar-refractivity contribution in [2.45, 2.75) is 13.0 Å². The second-order valence-corrected chi connectivity index (χ2v) is 5.36. The van der Waals surface area contributed by atoms with Crippen molar-refractivity contribution in [3.8, 4) is 0 Å². The summed E-state index contributed by atoms with van der Waals surface area (Å²) in [5.41, 5.74) is 1.41. The third kappa shape index (κ3) is 3.88. The number of benzene rings is 1. The van der Waals surface area contributed by atoms with Crippen LogP contribution in [0, 0.1) is 6.92 Å². The minimum absolute atomic E-state index is 0.133. The average molecular weight is 318 g/mol. The van der Waals surface area contributed by atoms with Crippen molar-refractivity contribution in [1.29, 1.82) is 0 Å². The fourth-order valence-corrected chi connectivity index (χ4v) is 2.44. The number of aryl methyl sites for hydroxylation is 1. The molecule has 7 heteroatoms. The van der Waals surface area contributed by atoms with Gasteiger partial charge in [-0.25, -0.2) is 9.59 Å². The summed E-state index contributed by atoms with van der Waals surface area (Å²) in [4.78, 5) is 23.3. The molecule has 2 N–H and O–H groups in total. The molecule has 2 heterocycles. The van der Waals surface area contributed by atoms with Gasteiger partial charge >= 0.3 is 11.7 Å². The topological polar surface area (TPSA) is 89.8 Å². The molecule has 1 aliphatic rings. The Balaban J connectivity index is 1.64. The van der Waals surface area contributed by atoms with Gasteiger partial charge in [-0.05, 0) is 24.6 Å². The molecular formula is C16H18N2O5. The highest BCUT2D eigenvalue weighted by molar-refractivity contribution is 5.92. The number of urea groups is 1. The SMILES string of the molecule is Cc1cc(=O)oc2cc(NC(=O)NC[C@@H]3COCCO3)ccc12. The lowest BCUT2D eigenvalue weighted by Gasteiger charge is -2.23. The van der Waals surface area contributed by atoms with E-state index in [2.05, 4.69) is 10.6 Å². The Bertz CT molecular complexity index is 765. The van der Waals surface area contributed by atoms with E-state index in [9.17, 15) is 9.59 Å². The number of fused-ring (bicyclic) bond motifs is 1. The van der Waals surface area contributed by atoms with Crippen molar-refractivity contribution in [3.63, 3.8) is 0 Å². The van der Waals surface area contributed by atoms with Gasteiger partial charge in [0.25, 0.3) is 0 Å². The average Bonchev–Trinajstić information content (AvgIpc) is 2.53. The van der Waals surface area contributed by atoms with Crippen LogP contribution < -0.4 is 16.3 Å². The molecule has 7 nitrogen and oxygen atoms in total. The van der Waals surface area contributed by atoms with Gasteiger partial charge in [0.1, 0.15) is 5.58 Å². The molecule has 23 heavy (non-hydrogen) atoms. The first-order valence-electron chi connectivity index (χ1n) is 7.40. The summed E-state index contributed by atoms with van der Waals surface area (Å²) in [6.45, 7) is 3.81. The number of nitrogens with one attached hydrogen (secondary N) is 2. The number of anilines is 1. The van der Waals surface area contributed by atoms with Crippen LogP contribution >= 0.6 is 0 Å². The Kier molecular flexibility index (Phi) is 4.59. The van der Waals surface area contributed by atoms with Gasteiger partial charge in [-0.15, -0.1) is 0 Å². The van der Waals surface area contributed by atoms with Crippen LogP contribution in [0.15, 0.2) is 33.5 Å². The smallest absolute Gasteiger partial charge is 0.336 e. The minimum Gasteiger partial charge on any atom is -0.423 e. The van der Waals surface area contributed by atoms with Crippen molar-refractivity contribution in [1.82, 2.24) is 5.32 Å². The number of hydrogen-bond donors (Lipinski definition) is 2. The van der Waals surface area contributed by atoms with Crippen molar-refractivity contribution in [2.24, 2.45) is 0 Å². The first-order valence-corrected chi connectivity index (χ1v) is 7.40. The molecule has 3 rings (SSSR count). The van der Waals surface area contributed by atoms with Crippen molar-refractivity contribution < 1.29 is 18.7 Å². The van der Waals surface area contributed by atoms with Gasteiger partial charge in [0.2, 0.25) is 0 Å². The van der Waals surface area contributed by atoms with E-state index in [1.165, 1.54) is 6.07 Å². The molecule has 1 aromatic carbocycles. The molecule has 1 aliphatic heterocycles. The van der Waals surface area contributed by atoms with Crippen LogP contribution in [0.3, 0.4) is 0 Å². The number of rotatable bonds is 3. The first kappa shape index (κ1) is 15.5. The zero-order valence-corrected chi connectivity index (χ0v) is 12.8. The van der Waals surface area contributed by atoms with Gasteiger partial charge in [0.05, 0.1) is 25.9 Å². The summed E-state index contributed by atoms with van der Waals surface area (Å²) < 4.78 is 15.9. The molecular weight excluding hydrogens is 300 g/mol. The molecule has 0 saturated carbocycles. The Morgan fingerprint density at radius 2 is 2.17 bits per heavy atom. The monoisotopic (exact) mass is 318 g/mol. The summed E-state index contributed by atoms with van der Waals surface area (Å²) >= 11 is 0. The van der Waals surface area contributed by atoms with E-state index in [0.29, 0.717) is 37.6 Å². The largest absolute Gasteiger partial charge is 0.423 e. The fourth-order valence-electron chi connectivity index (χ4n) is 2.44. The third-order valence-corrected chi connectivity index (χ3v) is 3.58. The molecule has 0 aliphatic carbocycles. The van der Waals surface area contributed by atoms with Crippen LogP contribution in [0.1, 0.15) is 5.56 Å². The number of ether oxygens (including phenoxy) is 2. The molecule has 0 unspecified atom stereocenters. The van der Waals surface area contributed by atoms with Crippen LogP contribution in [0.25, 0.3) is 11.0 Å². The third-order valence-electron chi connectivity index (χ3n) is 3.58. The highest BCUT2D eigenvalue weighted by Crippen LogP contribution is 2.20. The van der Waals surface area contributed by atoms with Crippen LogP contribution in [0.2, 0.25) is 0 Å². The van der Waals surface area contributed by atoms with E-state index in [1.807, 2.05) is 6.92 Å². The molecule has 1 atom stereocenters. The van der Waals surface area contributed by atoms with Crippen LogP contribution in [-0.2, 0) is 9.47 Å². The Hall–Kier alpha value is -2.38. The van der Waals surface area contributed by atoms with Crippen LogP contribution in [0.4, 0.5) is 10.5 Å². The van der Waals surface area contributed by atoms with E-state index in [0.717, 1.165) is 10.9 Å². The first-order chi connectivity index (χ1) is 11.1. The standard InChI is InChI=1S/C16H18N2O5/c1-10-6-15(19)23-14-7-11(2-3-13(10)14)18-16(20)17-8-12-9-21-4-5-22-12/h2-3,6-7,12H,4-5,8-9H2,1H3,(H2,17,18,20)/t12-/m1/s1. The highest BCUT2D eigenvalue weighted by atomic mass is 16.6. The molecule has 0 radical (unpaired) electrons. The van der Waals surface area contributed by atoms with E-state index in [-0.39, 0.29) is 12.1 Å². The molecule has 2 amide bonds. The number of carbonyl (C=O) groups is 1. The molecule has 122 valence electrons. The van der Waals surface area contributed by atoms with Gasteiger partial charge in [-0.2, -0.15) is 0 Å². The van der Waals surface area contributed by atoms with E-state index >= 15 is 0 Å². The second-order valence-electron chi connectivity index (χ2n) is 5.36. The highest BCUT2D eigenvalue weighted by Gasteiger charge is 2.15. The lowest BCUT2D eigenvalue weighted by Crippen LogP contribution is -2.41. The van der Waals surface area contributed by atoms with Gasteiger partial charge < -0.3 is 24.5 Å². The summed E-state index contributed by atoms with van der Waals surface area (Å²) in [6.07, 6.45) is -0.133. The fraction of sp³-hybridized carbons (Fsp3) is 0.375. The van der Waals surface area contributed by atoms with E-state index in [1.54, 1.807) is 18.2 Å². The maximum absolute atomic E-state index is 11.9. The van der Waals surface area contributed by atoms with Crippen LogP contribution in [-0.4, -0.2) is 38.5 Å². The van der Waals surface area contributed by atoms with Crippen LogP contribution in [0.5, 0.6) is 0 Å². The van der Waals surface area contributed by atoms with E-state index < -0.39 is 5.63 Å². The van der Waals surface area contributed by atoms with Gasteiger partial charge in [0.15, 0.2) is 0 Å². The quantitative estimate of drug-likeness (QED) is 0.840. The normalized spacial score (nSPS) is 17.9.